The molecule has 0 fully saturated rings. The number of halogens is 2. The molecule has 0 radical (unpaired) electrons. The van der Waals surface area contributed by atoms with Gasteiger partial charge in [-0.2, -0.15) is 0 Å². The number of rotatable bonds is 3. The Morgan fingerprint density at radius 1 is 1.18 bits per heavy atom. The van der Waals surface area contributed by atoms with Crippen LogP contribution in [-0.4, -0.2) is 22.4 Å². The Morgan fingerprint density at radius 2 is 2.00 bits per heavy atom. The minimum absolute atomic E-state index is 0.0111. The van der Waals surface area contributed by atoms with Crippen LogP contribution < -0.4 is 10.2 Å². The lowest BCUT2D eigenvalue weighted by atomic mass is 10.0. The molecule has 7 heteroatoms. The summed E-state index contributed by atoms with van der Waals surface area (Å²) in [5.41, 5.74) is 2.97. The highest BCUT2D eigenvalue weighted by Crippen LogP contribution is 2.28. The summed E-state index contributed by atoms with van der Waals surface area (Å²) < 4.78 is 13.4. The molecule has 0 bridgehead atoms. The van der Waals surface area contributed by atoms with Crippen LogP contribution in [0.1, 0.15) is 28.3 Å². The van der Waals surface area contributed by atoms with Crippen molar-refractivity contribution in [2.45, 2.75) is 19.8 Å². The first-order valence-corrected chi connectivity index (χ1v) is 9.36. The van der Waals surface area contributed by atoms with Crippen molar-refractivity contribution in [1.29, 1.82) is 0 Å². The summed E-state index contributed by atoms with van der Waals surface area (Å²) in [6.07, 6.45) is 1.87. The van der Waals surface area contributed by atoms with Gasteiger partial charge in [0.15, 0.2) is 0 Å². The molecule has 5 nitrogen and oxygen atoms in total. The third-order valence-corrected chi connectivity index (χ3v) is 4.89. The second-order valence-corrected chi connectivity index (χ2v) is 7.04. The lowest BCUT2D eigenvalue weighted by Crippen LogP contribution is -2.36. The van der Waals surface area contributed by atoms with Gasteiger partial charge in [0.25, 0.3) is 5.91 Å². The van der Waals surface area contributed by atoms with E-state index >= 15 is 0 Å². The number of aromatic nitrogens is 2. The molecule has 3 aromatic rings. The SMILES string of the molecule is Cc1nc(Nc2ccc(F)c(Cl)c2)cc(C(=O)N2CCCc3ccccc32)n1. The van der Waals surface area contributed by atoms with E-state index in [2.05, 4.69) is 15.3 Å². The molecule has 0 atom stereocenters. The van der Waals surface area contributed by atoms with Gasteiger partial charge in [0.05, 0.1) is 5.02 Å². The lowest BCUT2D eigenvalue weighted by Gasteiger charge is -2.29. The number of amides is 1. The van der Waals surface area contributed by atoms with Gasteiger partial charge in [0.1, 0.15) is 23.2 Å². The van der Waals surface area contributed by atoms with Crippen LogP contribution >= 0.6 is 11.6 Å². The fourth-order valence-electron chi connectivity index (χ4n) is 3.35. The normalized spacial score (nSPS) is 13.2. The largest absolute Gasteiger partial charge is 0.340 e. The third kappa shape index (κ3) is 3.68. The zero-order valence-corrected chi connectivity index (χ0v) is 16.0. The van der Waals surface area contributed by atoms with Gasteiger partial charge in [-0.05, 0) is 49.6 Å². The molecule has 28 heavy (non-hydrogen) atoms. The van der Waals surface area contributed by atoms with Crippen molar-refractivity contribution in [3.05, 3.63) is 76.5 Å². The highest BCUT2D eigenvalue weighted by Gasteiger charge is 2.24. The summed E-state index contributed by atoms with van der Waals surface area (Å²) in [4.78, 5) is 23.6. The quantitative estimate of drug-likeness (QED) is 0.683. The number of hydrogen-bond acceptors (Lipinski definition) is 4. The monoisotopic (exact) mass is 396 g/mol. The number of carbonyl (C=O) groups excluding carboxylic acids is 1. The van der Waals surface area contributed by atoms with Gasteiger partial charge in [0.2, 0.25) is 0 Å². The Kier molecular flexibility index (Phi) is 4.96. The zero-order valence-electron chi connectivity index (χ0n) is 15.2. The van der Waals surface area contributed by atoms with Crippen LogP contribution in [0.3, 0.4) is 0 Å². The standard InChI is InChI=1S/C21H18ClFN4O/c1-13-24-18(12-20(25-13)26-15-8-9-17(23)16(22)11-15)21(28)27-10-4-6-14-5-2-3-7-19(14)27/h2-3,5,7-9,11-12H,4,6,10H2,1H3,(H,24,25,26). The minimum atomic E-state index is -0.495. The fourth-order valence-corrected chi connectivity index (χ4v) is 3.53. The first kappa shape index (κ1) is 18.4. The van der Waals surface area contributed by atoms with Gasteiger partial charge in [-0.25, -0.2) is 14.4 Å². The van der Waals surface area contributed by atoms with E-state index in [1.807, 2.05) is 24.3 Å². The second kappa shape index (κ2) is 7.56. The van der Waals surface area contributed by atoms with E-state index in [1.165, 1.54) is 12.1 Å². The zero-order chi connectivity index (χ0) is 19.7. The Labute approximate surface area is 167 Å². The van der Waals surface area contributed by atoms with Crippen LogP contribution in [-0.2, 0) is 6.42 Å². The van der Waals surface area contributed by atoms with E-state index in [9.17, 15) is 9.18 Å². The second-order valence-electron chi connectivity index (χ2n) is 6.63. The number of nitrogens with zero attached hydrogens (tertiary/aromatic N) is 3. The molecule has 0 aliphatic carbocycles. The van der Waals surface area contributed by atoms with Crippen molar-refractivity contribution < 1.29 is 9.18 Å². The van der Waals surface area contributed by atoms with E-state index < -0.39 is 5.82 Å². The van der Waals surface area contributed by atoms with Crippen LogP contribution in [0.25, 0.3) is 0 Å². The van der Waals surface area contributed by atoms with Crippen molar-refractivity contribution >= 4 is 34.7 Å². The summed E-state index contributed by atoms with van der Waals surface area (Å²) in [6.45, 7) is 2.37. The van der Waals surface area contributed by atoms with E-state index in [4.69, 9.17) is 11.6 Å². The summed E-state index contributed by atoms with van der Waals surface area (Å²) in [7, 11) is 0. The van der Waals surface area contributed by atoms with E-state index in [0.29, 0.717) is 29.6 Å². The molecule has 1 amide bonds. The van der Waals surface area contributed by atoms with Crippen molar-refractivity contribution in [1.82, 2.24) is 9.97 Å². The number of carbonyl (C=O) groups is 1. The van der Waals surface area contributed by atoms with Crippen LogP contribution in [0, 0.1) is 12.7 Å². The molecule has 1 aliphatic rings. The van der Waals surface area contributed by atoms with Gasteiger partial charge in [-0.1, -0.05) is 29.8 Å². The molecule has 4 rings (SSSR count). The number of fused-ring (bicyclic) bond motifs is 1. The summed E-state index contributed by atoms with van der Waals surface area (Å²) >= 11 is 5.83. The summed E-state index contributed by atoms with van der Waals surface area (Å²) in [5, 5.41) is 3.07. The molecule has 142 valence electrons. The molecule has 1 aliphatic heterocycles. The predicted octanol–water partition coefficient (Wildman–Crippen LogP) is 4.91. The maximum Gasteiger partial charge on any atom is 0.277 e. The van der Waals surface area contributed by atoms with Gasteiger partial charge >= 0.3 is 0 Å². The number of anilines is 3. The average Bonchev–Trinajstić information content (AvgIpc) is 2.69. The van der Waals surface area contributed by atoms with Crippen molar-refractivity contribution in [2.75, 3.05) is 16.8 Å². The van der Waals surface area contributed by atoms with E-state index in [-0.39, 0.29) is 10.9 Å². The van der Waals surface area contributed by atoms with E-state index in [1.54, 1.807) is 24.0 Å². The third-order valence-electron chi connectivity index (χ3n) is 4.60. The maximum absolute atomic E-state index is 13.4. The molecule has 0 spiro atoms. The van der Waals surface area contributed by atoms with Crippen molar-refractivity contribution in [2.24, 2.45) is 0 Å². The van der Waals surface area contributed by atoms with Crippen LogP contribution in [0.2, 0.25) is 5.02 Å². The summed E-state index contributed by atoms with van der Waals surface area (Å²) in [5.74, 6) is 0.249. The molecule has 0 saturated heterocycles. The fraction of sp³-hybridized carbons (Fsp3) is 0.190. The first-order valence-electron chi connectivity index (χ1n) is 8.99. The number of nitrogens with one attached hydrogen (secondary N) is 1. The summed E-state index contributed by atoms with van der Waals surface area (Å²) in [6, 6.07) is 13.8. The van der Waals surface area contributed by atoms with Crippen LogP contribution in [0.15, 0.2) is 48.5 Å². The lowest BCUT2D eigenvalue weighted by molar-refractivity contribution is 0.0980. The number of aryl methyl sites for hydroxylation is 2. The van der Waals surface area contributed by atoms with Crippen molar-refractivity contribution in [3.8, 4) is 0 Å². The topological polar surface area (TPSA) is 58.1 Å². The maximum atomic E-state index is 13.4. The van der Waals surface area contributed by atoms with Gasteiger partial charge in [0, 0.05) is 24.0 Å². The molecule has 2 heterocycles. The Hall–Kier alpha value is -2.99. The predicted molar refractivity (Wildman–Crippen MR) is 108 cm³/mol. The molecular weight excluding hydrogens is 379 g/mol. The van der Waals surface area contributed by atoms with Crippen LogP contribution in [0.5, 0.6) is 0 Å². The highest BCUT2D eigenvalue weighted by atomic mass is 35.5. The van der Waals surface area contributed by atoms with Crippen LogP contribution in [0.4, 0.5) is 21.6 Å². The van der Waals surface area contributed by atoms with Crippen molar-refractivity contribution in [3.63, 3.8) is 0 Å². The van der Waals surface area contributed by atoms with Gasteiger partial charge < -0.3 is 10.2 Å². The molecule has 1 N–H and O–H groups in total. The molecule has 0 saturated carbocycles. The average molecular weight is 397 g/mol. The number of benzene rings is 2. The smallest absolute Gasteiger partial charge is 0.277 e. The Balaban J connectivity index is 1.64. The molecule has 0 unspecified atom stereocenters. The number of para-hydroxylation sites is 1. The molecular formula is C21H18ClFN4O. The highest BCUT2D eigenvalue weighted by molar-refractivity contribution is 6.31. The Morgan fingerprint density at radius 3 is 2.82 bits per heavy atom. The van der Waals surface area contributed by atoms with Gasteiger partial charge in [-0.15, -0.1) is 0 Å². The molecule has 1 aromatic heterocycles. The Bertz CT molecular complexity index is 1060. The minimum Gasteiger partial charge on any atom is -0.340 e. The number of hydrogen-bond donors (Lipinski definition) is 1. The van der Waals surface area contributed by atoms with Gasteiger partial charge in [-0.3, -0.25) is 4.79 Å². The van der Waals surface area contributed by atoms with E-state index in [0.717, 1.165) is 24.1 Å². The first-order chi connectivity index (χ1) is 13.5. The molecule has 2 aromatic carbocycles.